The van der Waals surface area contributed by atoms with Crippen molar-refractivity contribution in [3.63, 3.8) is 0 Å². The third kappa shape index (κ3) is 2.53. The molecule has 0 aliphatic heterocycles. The molecule has 122 valence electrons. The van der Waals surface area contributed by atoms with E-state index in [1.807, 2.05) is 49.5 Å². The van der Waals surface area contributed by atoms with Crippen LogP contribution in [0.15, 0.2) is 57.7 Å². The molecule has 5 nitrogen and oxygen atoms in total. The number of rotatable bonds is 4. The van der Waals surface area contributed by atoms with E-state index in [1.54, 1.807) is 15.9 Å². The van der Waals surface area contributed by atoms with Crippen LogP contribution in [0.4, 0.5) is 0 Å². The van der Waals surface area contributed by atoms with Gasteiger partial charge >= 0.3 is 5.76 Å². The van der Waals surface area contributed by atoms with Gasteiger partial charge in [0.25, 0.3) is 0 Å². The molecule has 0 aliphatic rings. The predicted octanol–water partition coefficient (Wildman–Crippen LogP) is 3.85. The van der Waals surface area contributed by atoms with Gasteiger partial charge in [-0.25, -0.2) is 9.78 Å². The molecule has 4 rings (SSSR count). The molecule has 0 fully saturated rings. The summed E-state index contributed by atoms with van der Waals surface area (Å²) in [4.78, 5) is 18.9. The summed E-state index contributed by atoms with van der Waals surface area (Å²) in [6, 6.07) is 15.7. The van der Waals surface area contributed by atoms with Crippen molar-refractivity contribution in [3.05, 3.63) is 64.1 Å². The van der Waals surface area contributed by atoms with Crippen molar-refractivity contribution in [3.8, 4) is 0 Å². The average molecular weight is 339 g/mol. The largest absolute Gasteiger partial charge is 0.421 e. The van der Waals surface area contributed by atoms with Crippen molar-refractivity contribution in [2.75, 3.05) is 7.05 Å². The number of oxazole rings is 1. The van der Waals surface area contributed by atoms with Crippen LogP contribution in [0.5, 0.6) is 0 Å². The molecule has 0 aliphatic carbocycles. The Balaban J connectivity index is 1.64. The molecule has 0 saturated carbocycles. The zero-order valence-corrected chi connectivity index (χ0v) is 14.3. The van der Waals surface area contributed by atoms with Crippen molar-refractivity contribution >= 4 is 32.7 Å². The number of nitrogens with zero attached hydrogens (tertiary/aromatic N) is 3. The van der Waals surface area contributed by atoms with Crippen molar-refractivity contribution in [2.45, 2.75) is 19.6 Å². The Morgan fingerprint density at radius 1 is 1.21 bits per heavy atom. The highest BCUT2D eigenvalue weighted by Gasteiger charge is 2.18. The monoisotopic (exact) mass is 339 g/mol. The molecule has 0 amide bonds. The number of aromatic nitrogens is 2. The maximum atomic E-state index is 12.1. The summed E-state index contributed by atoms with van der Waals surface area (Å²) in [5, 5.41) is 1.04. The van der Waals surface area contributed by atoms with E-state index in [9.17, 15) is 4.79 Å². The quantitative estimate of drug-likeness (QED) is 0.567. The first-order chi connectivity index (χ1) is 11.6. The summed E-state index contributed by atoms with van der Waals surface area (Å²) in [5.41, 5.74) is 2.44. The fourth-order valence-electron chi connectivity index (χ4n) is 2.75. The summed E-state index contributed by atoms with van der Waals surface area (Å²) >= 11 is 1.69. The van der Waals surface area contributed by atoms with E-state index in [-0.39, 0.29) is 11.8 Å². The molecule has 6 heteroatoms. The zero-order valence-electron chi connectivity index (χ0n) is 13.5. The molecule has 1 unspecified atom stereocenters. The first-order valence-corrected chi connectivity index (χ1v) is 8.59. The lowest BCUT2D eigenvalue weighted by Crippen LogP contribution is -2.29. The molecular weight excluding hydrogens is 322 g/mol. The Bertz CT molecular complexity index is 1030. The molecule has 4 aromatic rings. The van der Waals surface area contributed by atoms with Crippen molar-refractivity contribution in [2.24, 2.45) is 0 Å². The van der Waals surface area contributed by atoms with Gasteiger partial charge < -0.3 is 4.42 Å². The summed E-state index contributed by atoms with van der Waals surface area (Å²) < 4.78 is 8.13. The molecule has 0 N–H and O–H groups in total. The van der Waals surface area contributed by atoms with Crippen molar-refractivity contribution < 1.29 is 4.42 Å². The second kappa shape index (κ2) is 5.89. The normalized spacial score (nSPS) is 13.1. The smallest absolute Gasteiger partial charge is 0.408 e. The standard InChI is InChI=1S/C18H17N3O2S/c1-12(17-19-13-7-3-6-10-16(13)24-17)20(2)11-21-14-8-4-5-9-15(14)23-18(21)22/h3-10,12H,11H2,1-2H3. The Morgan fingerprint density at radius 2 is 1.96 bits per heavy atom. The lowest BCUT2D eigenvalue weighted by atomic mass is 10.3. The fraction of sp³-hybridized carbons (Fsp3) is 0.222. The number of hydrogen-bond acceptors (Lipinski definition) is 5. The van der Waals surface area contributed by atoms with Crippen LogP contribution in [0.2, 0.25) is 0 Å². The van der Waals surface area contributed by atoms with Crippen LogP contribution in [-0.4, -0.2) is 21.5 Å². The van der Waals surface area contributed by atoms with E-state index in [1.165, 1.54) is 4.70 Å². The van der Waals surface area contributed by atoms with E-state index in [2.05, 4.69) is 17.9 Å². The van der Waals surface area contributed by atoms with Gasteiger partial charge in [-0.15, -0.1) is 11.3 Å². The molecule has 1 atom stereocenters. The maximum Gasteiger partial charge on any atom is 0.421 e. The van der Waals surface area contributed by atoms with Crippen molar-refractivity contribution in [1.82, 2.24) is 14.5 Å². The first kappa shape index (κ1) is 15.1. The van der Waals surface area contributed by atoms with Crippen LogP contribution in [0, 0.1) is 0 Å². The SMILES string of the molecule is CC(c1nc2ccccc2s1)N(C)Cn1c(=O)oc2ccccc21. The maximum absolute atomic E-state index is 12.1. The molecule has 0 spiro atoms. The van der Waals surface area contributed by atoms with Gasteiger partial charge in [-0.05, 0) is 38.2 Å². The summed E-state index contributed by atoms with van der Waals surface area (Å²) in [5.74, 6) is -0.334. The van der Waals surface area contributed by atoms with E-state index >= 15 is 0 Å². The Morgan fingerprint density at radius 3 is 2.79 bits per heavy atom. The second-order valence-electron chi connectivity index (χ2n) is 5.86. The minimum atomic E-state index is -0.334. The third-order valence-corrected chi connectivity index (χ3v) is 5.47. The predicted molar refractivity (Wildman–Crippen MR) is 96.3 cm³/mol. The molecule has 0 radical (unpaired) electrons. The third-order valence-electron chi connectivity index (χ3n) is 4.27. The Kier molecular flexibility index (Phi) is 3.70. The lowest BCUT2D eigenvalue weighted by Gasteiger charge is -2.22. The molecule has 2 aromatic heterocycles. The van der Waals surface area contributed by atoms with Gasteiger partial charge in [-0.1, -0.05) is 24.3 Å². The van der Waals surface area contributed by atoms with Gasteiger partial charge in [0.1, 0.15) is 5.01 Å². The Labute approximate surface area is 142 Å². The van der Waals surface area contributed by atoms with E-state index in [4.69, 9.17) is 9.40 Å². The van der Waals surface area contributed by atoms with Gasteiger partial charge in [-0.2, -0.15) is 0 Å². The molecular formula is C18H17N3O2S. The van der Waals surface area contributed by atoms with Crippen LogP contribution in [0.1, 0.15) is 18.0 Å². The van der Waals surface area contributed by atoms with Crippen LogP contribution in [0.25, 0.3) is 21.3 Å². The summed E-state index contributed by atoms with van der Waals surface area (Å²) in [7, 11) is 1.99. The fourth-order valence-corrected chi connectivity index (χ4v) is 3.84. The van der Waals surface area contributed by atoms with Gasteiger partial charge in [0.05, 0.1) is 28.4 Å². The van der Waals surface area contributed by atoms with E-state index in [0.29, 0.717) is 12.3 Å². The molecule has 2 aromatic carbocycles. The average Bonchev–Trinajstić information content (AvgIpc) is 3.15. The second-order valence-corrected chi connectivity index (χ2v) is 6.92. The number of thiazole rings is 1. The van der Waals surface area contributed by atoms with Gasteiger partial charge in [0.2, 0.25) is 0 Å². The van der Waals surface area contributed by atoms with Crippen LogP contribution in [-0.2, 0) is 6.67 Å². The Hall–Kier alpha value is -2.44. The number of benzene rings is 2. The minimum absolute atomic E-state index is 0.1000. The highest BCUT2D eigenvalue weighted by Crippen LogP contribution is 2.29. The molecule has 0 saturated heterocycles. The summed E-state index contributed by atoms with van der Waals surface area (Å²) in [6.45, 7) is 2.55. The number of para-hydroxylation sites is 3. The number of fused-ring (bicyclic) bond motifs is 2. The van der Waals surface area contributed by atoms with Gasteiger partial charge in [0, 0.05) is 0 Å². The highest BCUT2D eigenvalue weighted by molar-refractivity contribution is 7.18. The molecule has 2 heterocycles. The van der Waals surface area contributed by atoms with Crippen molar-refractivity contribution in [1.29, 1.82) is 0 Å². The number of hydrogen-bond donors (Lipinski definition) is 0. The van der Waals surface area contributed by atoms with E-state index < -0.39 is 0 Å². The topological polar surface area (TPSA) is 51.3 Å². The molecule has 0 bridgehead atoms. The molecule has 24 heavy (non-hydrogen) atoms. The lowest BCUT2D eigenvalue weighted by molar-refractivity contribution is 0.202. The van der Waals surface area contributed by atoms with Gasteiger partial charge in [0.15, 0.2) is 5.58 Å². The van der Waals surface area contributed by atoms with Gasteiger partial charge in [-0.3, -0.25) is 9.47 Å². The van der Waals surface area contributed by atoms with E-state index in [0.717, 1.165) is 16.0 Å². The van der Waals surface area contributed by atoms with Crippen LogP contribution >= 0.6 is 11.3 Å². The van der Waals surface area contributed by atoms with Crippen LogP contribution < -0.4 is 5.76 Å². The minimum Gasteiger partial charge on any atom is -0.408 e. The van der Waals surface area contributed by atoms with Crippen LogP contribution in [0.3, 0.4) is 0 Å². The zero-order chi connectivity index (χ0) is 16.7. The summed E-state index contributed by atoms with van der Waals surface area (Å²) in [6.07, 6.45) is 0. The highest BCUT2D eigenvalue weighted by atomic mass is 32.1. The first-order valence-electron chi connectivity index (χ1n) is 7.77.